The number of halogens is 1. The normalized spacial score (nSPS) is 18.8. The Morgan fingerprint density at radius 3 is 2.60 bits per heavy atom. The summed E-state index contributed by atoms with van der Waals surface area (Å²) in [5.41, 5.74) is 3.00. The number of Topliss-reactive ketones (excluding diaryl/α,β-unsaturated/α-hetero) is 2. The highest BCUT2D eigenvalue weighted by molar-refractivity contribution is 9.10. The maximum atomic E-state index is 12.9. The van der Waals surface area contributed by atoms with Gasteiger partial charge in [0.05, 0.1) is 0 Å². The first-order chi connectivity index (χ1) is 12.0. The molecule has 0 aromatic heterocycles. The summed E-state index contributed by atoms with van der Waals surface area (Å²) >= 11 is 3.43. The standard InChI is InChI=1S/C22H23BrO2/c1-15-9-11-16(12-10-15)20(19-7-2-3-8-21(19)24)14-22(25)17-5-4-6-18(23)13-17/h4-6,9-13,19-20H,2-3,7-8,14H2,1H3/t19-,20-/m0/s1. The molecule has 2 nitrogen and oxygen atoms in total. The molecular weight excluding hydrogens is 376 g/mol. The highest BCUT2D eigenvalue weighted by atomic mass is 79.9. The fourth-order valence-electron chi connectivity index (χ4n) is 3.72. The Balaban J connectivity index is 1.89. The van der Waals surface area contributed by atoms with Crippen molar-refractivity contribution in [3.05, 3.63) is 69.7 Å². The summed E-state index contributed by atoms with van der Waals surface area (Å²) in [6.07, 6.45) is 3.98. The van der Waals surface area contributed by atoms with Crippen molar-refractivity contribution in [1.82, 2.24) is 0 Å². The molecule has 0 amide bonds. The fraction of sp³-hybridized carbons (Fsp3) is 0.364. The predicted octanol–water partition coefficient (Wildman–Crippen LogP) is 5.87. The molecule has 1 aliphatic carbocycles. The molecule has 2 atom stereocenters. The van der Waals surface area contributed by atoms with Gasteiger partial charge in [-0.05, 0) is 37.5 Å². The first kappa shape index (κ1) is 18.1. The number of ketones is 2. The number of hydrogen-bond acceptors (Lipinski definition) is 2. The van der Waals surface area contributed by atoms with E-state index in [4.69, 9.17) is 0 Å². The molecule has 1 aliphatic rings. The van der Waals surface area contributed by atoms with Crippen LogP contribution in [0.4, 0.5) is 0 Å². The zero-order chi connectivity index (χ0) is 17.8. The van der Waals surface area contributed by atoms with Gasteiger partial charge in [0.2, 0.25) is 0 Å². The van der Waals surface area contributed by atoms with Gasteiger partial charge in [0.15, 0.2) is 5.78 Å². The first-order valence-corrected chi connectivity index (χ1v) is 9.72. The van der Waals surface area contributed by atoms with E-state index < -0.39 is 0 Å². The molecule has 1 saturated carbocycles. The second kappa shape index (κ2) is 8.09. The Bertz CT molecular complexity index is 764. The van der Waals surface area contributed by atoms with Crippen LogP contribution >= 0.6 is 15.9 Å². The van der Waals surface area contributed by atoms with Gasteiger partial charge in [0, 0.05) is 34.7 Å². The number of carbonyl (C=O) groups is 2. The van der Waals surface area contributed by atoms with E-state index in [1.165, 1.54) is 5.56 Å². The highest BCUT2D eigenvalue weighted by Gasteiger charge is 2.32. The maximum Gasteiger partial charge on any atom is 0.163 e. The molecule has 0 radical (unpaired) electrons. The van der Waals surface area contributed by atoms with Gasteiger partial charge in [-0.25, -0.2) is 0 Å². The molecule has 3 rings (SSSR count). The third kappa shape index (κ3) is 4.46. The molecule has 130 valence electrons. The topological polar surface area (TPSA) is 34.1 Å². The third-order valence-electron chi connectivity index (χ3n) is 5.14. The summed E-state index contributed by atoms with van der Waals surface area (Å²) in [5.74, 6) is 0.358. The predicted molar refractivity (Wildman–Crippen MR) is 104 cm³/mol. The number of hydrogen-bond donors (Lipinski definition) is 0. The Hall–Kier alpha value is -1.74. The summed E-state index contributed by atoms with van der Waals surface area (Å²) in [4.78, 5) is 25.4. The van der Waals surface area contributed by atoms with E-state index in [1.807, 2.05) is 24.3 Å². The molecule has 0 N–H and O–H groups in total. The van der Waals surface area contributed by atoms with Gasteiger partial charge in [-0.15, -0.1) is 0 Å². The molecule has 3 heteroatoms. The van der Waals surface area contributed by atoms with E-state index in [2.05, 4.69) is 47.1 Å². The lowest BCUT2D eigenvalue weighted by Crippen LogP contribution is -2.27. The van der Waals surface area contributed by atoms with Crippen LogP contribution < -0.4 is 0 Å². The van der Waals surface area contributed by atoms with Crippen molar-refractivity contribution in [2.24, 2.45) is 5.92 Å². The van der Waals surface area contributed by atoms with Crippen LogP contribution in [0.5, 0.6) is 0 Å². The van der Waals surface area contributed by atoms with E-state index >= 15 is 0 Å². The minimum Gasteiger partial charge on any atom is -0.299 e. The van der Waals surface area contributed by atoms with Gasteiger partial charge in [0.25, 0.3) is 0 Å². The maximum absolute atomic E-state index is 12.9. The van der Waals surface area contributed by atoms with Gasteiger partial charge in [-0.1, -0.05) is 64.3 Å². The van der Waals surface area contributed by atoms with Crippen molar-refractivity contribution in [3.63, 3.8) is 0 Å². The molecule has 1 fully saturated rings. The zero-order valence-electron chi connectivity index (χ0n) is 14.5. The molecule has 0 saturated heterocycles. The number of rotatable bonds is 5. The summed E-state index contributed by atoms with van der Waals surface area (Å²) in [7, 11) is 0. The monoisotopic (exact) mass is 398 g/mol. The minimum atomic E-state index is -0.0347. The smallest absolute Gasteiger partial charge is 0.163 e. The van der Waals surface area contributed by atoms with Crippen LogP contribution in [0.25, 0.3) is 0 Å². The van der Waals surface area contributed by atoms with Crippen molar-refractivity contribution in [2.45, 2.75) is 44.9 Å². The van der Waals surface area contributed by atoms with E-state index in [0.717, 1.165) is 29.3 Å². The molecule has 2 aromatic carbocycles. The van der Waals surface area contributed by atoms with E-state index in [1.54, 1.807) is 0 Å². The van der Waals surface area contributed by atoms with Crippen LogP contribution in [-0.4, -0.2) is 11.6 Å². The van der Waals surface area contributed by atoms with Gasteiger partial charge in [0.1, 0.15) is 5.78 Å². The van der Waals surface area contributed by atoms with E-state index in [0.29, 0.717) is 24.2 Å². The minimum absolute atomic E-state index is 0.0279. The number of carbonyl (C=O) groups excluding carboxylic acids is 2. The van der Waals surface area contributed by atoms with Crippen molar-refractivity contribution >= 4 is 27.5 Å². The average molecular weight is 399 g/mol. The molecular formula is C22H23BrO2. The Morgan fingerprint density at radius 1 is 1.16 bits per heavy atom. The van der Waals surface area contributed by atoms with Crippen LogP contribution in [0, 0.1) is 12.8 Å². The summed E-state index contributed by atoms with van der Waals surface area (Å²) in [6.45, 7) is 2.05. The van der Waals surface area contributed by atoms with Gasteiger partial charge < -0.3 is 0 Å². The average Bonchev–Trinajstić information content (AvgIpc) is 2.61. The second-order valence-electron chi connectivity index (χ2n) is 6.97. The second-order valence-corrected chi connectivity index (χ2v) is 7.89. The van der Waals surface area contributed by atoms with Gasteiger partial charge in [-0.3, -0.25) is 9.59 Å². The van der Waals surface area contributed by atoms with E-state index in [9.17, 15) is 9.59 Å². The Labute approximate surface area is 157 Å². The van der Waals surface area contributed by atoms with Crippen molar-refractivity contribution in [2.75, 3.05) is 0 Å². The molecule has 0 bridgehead atoms. The summed E-state index contributed by atoms with van der Waals surface area (Å²) < 4.78 is 0.902. The summed E-state index contributed by atoms with van der Waals surface area (Å²) in [5, 5.41) is 0. The fourth-order valence-corrected chi connectivity index (χ4v) is 4.12. The highest BCUT2D eigenvalue weighted by Crippen LogP contribution is 2.37. The lowest BCUT2D eigenvalue weighted by molar-refractivity contribution is -0.125. The number of benzene rings is 2. The van der Waals surface area contributed by atoms with Crippen LogP contribution in [0.3, 0.4) is 0 Å². The largest absolute Gasteiger partial charge is 0.299 e. The Kier molecular flexibility index (Phi) is 5.85. The molecule has 0 heterocycles. The number of aryl methyl sites for hydroxylation is 1. The molecule has 0 spiro atoms. The van der Waals surface area contributed by atoms with Crippen LogP contribution in [0.15, 0.2) is 53.0 Å². The van der Waals surface area contributed by atoms with Crippen LogP contribution in [-0.2, 0) is 4.79 Å². The molecule has 25 heavy (non-hydrogen) atoms. The van der Waals surface area contributed by atoms with Crippen molar-refractivity contribution in [3.8, 4) is 0 Å². The first-order valence-electron chi connectivity index (χ1n) is 8.92. The molecule has 0 aliphatic heterocycles. The van der Waals surface area contributed by atoms with Crippen LogP contribution in [0.2, 0.25) is 0 Å². The van der Waals surface area contributed by atoms with Gasteiger partial charge in [-0.2, -0.15) is 0 Å². The van der Waals surface area contributed by atoms with Crippen molar-refractivity contribution in [1.29, 1.82) is 0 Å². The lowest BCUT2D eigenvalue weighted by Gasteiger charge is -2.29. The van der Waals surface area contributed by atoms with Crippen LogP contribution in [0.1, 0.15) is 59.5 Å². The molecule has 2 aromatic rings. The summed E-state index contributed by atoms with van der Waals surface area (Å²) in [6, 6.07) is 15.8. The third-order valence-corrected chi connectivity index (χ3v) is 5.64. The SMILES string of the molecule is Cc1ccc([C@H](CC(=O)c2cccc(Br)c2)[C@@H]2CCCCC2=O)cc1. The molecule has 0 unspecified atom stereocenters. The van der Waals surface area contributed by atoms with Crippen molar-refractivity contribution < 1.29 is 9.59 Å². The zero-order valence-corrected chi connectivity index (χ0v) is 16.1. The lowest BCUT2D eigenvalue weighted by atomic mass is 9.73. The van der Waals surface area contributed by atoms with Gasteiger partial charge >= 0.3 is 0 Å². The Morgan fingerprint density at radius 2 is 1.92 bits per heavy atom. The quantitative estimate of drug-likeness (QED) is 0.589. The van der Waals surface area contributed by atoms with E-state index in [-0.39, 0.29) is 17.6 Å².